The number of thiophene rings is 1. The summed E-state index contributed by atoms with van der Waals surface area (Å²) in [5.74, 6) is -0.492. The Balaban J connectivity index is 1.83. The Hall–Kier alpha value is -2.29. The van der Waals surface area contributed by atoms with E-state index >= 15 is 0 Å². The SMILES string of the molecule is CCOC(=O)CCN(Cc1cccnc1)C(=O)c1sc(-c2ccc(Cl)s2)nc1C. The molecule has 0 bridgehead atoms. The largest absolute Gasteiger partial charge is 0.466 e. The van der Waals surface area contributed by atoms with Crippen LogP contribution in [0.3, 0.4) is 0 Å². The van der Waals surface area contributed by atoms with Crippen LogP contribution >= 0.6 is 34.3 Å². The first-order chi connectivity index (χ1) is 14.0. The third-order valence-corrected chi connectivity index (χ3v) is 6.60. The zero-order valence-corrected chi connectivity index (χ0v) is 18.4. The number of carbonyl (C=O) groups excluding carboxylic acids is 2. The summed E-state index contributed by atoms with van der Waals surface area (Å²) in [6.45, 7) is 4.50. The molecule has 0 aliphatic carbocycles. The molecule has 0 atom stereocenters. The quantitative estimate of drug-likeness (QED) is 0.461. The van der Waals surface area contributed by atoms with Crippen LogP contribution in [-0.2, 0) is 16.1 Å². The summed E-state index contributed by atoms with van der Waals surface area (Å²) in [4.78, 5) is 36.9. The van der Waals surface area contributed by atoms with E-state index in [1.165, 1.54) is 22.7 Å². The van der Waals surface area contributed by atoms with Crippen molar-refractivity contribution in [3.8, 4) is 9.88 Å². The third kappa shape index (κ3) is 5.62. The first-order valence-electron chi connectivity index (χ1n) is 9.05. The number of ether oxygens (including phenoxy) is 1. The van der Waals surface area contributed by atoms with Gasteiger partial charge in [0.15, 0.2) is 0 Å². The van der Waals surface area contributed by atoms with Gasteiger partial charge in [0.25, 0.3) is 5.91 Å². The minimum atomic E-state index is -0.327. The maximum Gasteiger partial charge on any atom is 0.307 e. The van der Waals surface area contributed by atoms with Crippen molar-refractivity contribution in [3.63, 3.8) is 0 Å². The van der Waals surface area contributed by atoms with Crippen molar-refractivity contribution in [1.29, 1.82) is 0 Å². The van der Waals surface area contributed by atoms with Crippen LogP contribution < -0.4 is 0 Å². The molecule has 0 aliphatic heterocycles. The molecule has 0 unspecified atom stereocenters. The maximum absolute atomic E-state index is 13.3. The van der Waals surface area contributed by atoms with Crippen LogP contribution in [0.4, 0.5) is 0 Å². The van der Waals surface area contributed by atoms with E-state index in [1.54, 1.807) is 24.2 Å². The molecule has 0 fully saturated rings. The number of hydrogen-bond donors (Lipinski definition) is 0. The normalized spacial score (nSPS) is 10.7. The van der Waals surface area contributed by atoms with Crippen molar-refractivity contribution >= 4 is 46.2 Å². The summed E-state index contributed by atoms with van der Waals surface area (Å²) < 4.78 is 5.68. The van der Waals surface area contributed by atoms with Crippen LogP contribution in [0.1, 0.15) is 34.3 Å². The van der Waals surface area contributed by atoms with Crippen molar-refractivity contribution in [2.24, 2.45) is 0 Å². The van der Waals surface area contributed by atoms with Crippen molar-refractivity contribution < 1.29 is 14.3 Å². The number of esters is 1. The Kier molecular flexibility index (Phi) is 7.35. The summed E-state index contributed by atoms with van der Waals surface area (Å²) in [6.07, 6.45) is 3.52. The smallest absolute Gasteiger partial charge is 0.307 e. The topological polar surface area (TPSA) is 72.4 Å². The van der Waals surface area contributed by atoms with E-state index in [1.807, 2.05) is 31.2 Å². The van der Waals surface area contributed by atoms with Crippen molar-refractivity contribution in [3.05, 3.63) is 57.1 Å². The van der Waals surface area contributed by atoms with Gasteiger partial charge in [0, 0.05) is 25.5 Å². The van der Waals surface area contributed by atoms with E-state index in [0.717, 1.165) is 15.4 Å². The summed E-state index contributed by atoms with van der Waals surface area (Å²) in [6, 6.07) is 7.43. The summed E-state index contributed by atoms with van der Waals surface area (Å²) >= 11 is 8.79. The zero-order valence-electron chi connectivity index (χ0n) is 16.1. The highest BCUT2D eigenvalue weighted by Gasteiger charge is 2.23. The Morgan fingerprint density at radius 1 is 1.24 bits per heavy atom. The lowest BCUT2D eigenvalue weighted by Crippen LogP contribution is -2.32. The predicted molar refractivity (Wildman–Crippen MR) is 115 cm³/mol. The Morgan fingerprint density at radius 2 is 2.07 bits per heavy atom. The molecule has 29 heavy (non-hydrogen) atoms. The number of hydrogen-bond acceptors (Lipinski definition) is 7. The molecule has 9 heteroatoms. The maximum atomic E-state index is 13.3. The average molecular weight is 450 g/mol. The van der Waals surface area contributed by atoms with Gasteiger partial charge >= 0.3 is 5.97 Å². The molecule has 0 saturated heterocycles. The Bertz CT molecular complexity index is 988. The molecule has 0 N–H and O–H groups in total. The predicted octanol–water partition coefficient (Wildman–Crippen LogP) is 4.82. The van der Waals surface area contributed by atoms with Crippen molar-refractivity contribution in [2.45, 2.75) is 26.8 Å². The average Bonchev–Trinajstić information content (AvgIpc) is 3.31. The van der Waals surface area contributed by atoms with Gasteiger partial charge < -0.3 is 9.64 Å². The molecule has 0 radical (unpaired) electrons. The molecular weight excluding hydrogens is 430 g/mol. The van der Waals surface area contributed by atoms with Crippen LogP contribution in [0.5, 0.6) is 0 Å². The van der Waals surface area contributed by atoms with Crippen molar-refractivity contribution in [2.75, 3.05) is 13.2 Å². The van der Waals surface area contributed by atoms with Gasteiger partial charge in [-0.3, -0.25) is 14.6 Å². The minimum Gasteiger partial charge on any atom is -0.466 e. The molecule has 6 nitrogen and oxygen atoms in total. The first kappa shape index (κ1) is 21.4. The fourth-order valence-corrected chi connectivity index (χ4v) is 4.83. The summed E-state index contributed by atoms with van der Waals surface area (Å²) in [5, 5.41) is 0.759. The highest BCUT2D eigenvalue weighted by Crippen LogP contribution is 2.35. The molecule has 0 aliphatic rings. The molecule has 0 saturated carbocycles. The number of carbonyl (C=O) groups is 2. The van der Waals surface area contributed by atoms with Gasteiger partial charge in [-0.15, -0.1) is 22.7 Å². The monoisotopic (exact) mass is 449 g/mol. The van der Waals surface area contributed by atoms with E-state index in [0.29, 0.717) is 28.1 Å². The van der Waals surface area contributed by atoms with Crippen molar-refractivity contribution in [1.82, 2.24) is 14.9 Å². The van der Waals surface area contributed by atoms with Crippen LogP contribution in [-0.4, -0.2) is 39.9 Å². The van der Waals surface area contributed by atoms with E-state index in [4.69, 9.17) is 16.3 Å². The molecule has 0 spiro atoms. The van der Waals surface area contributed by atoms with Gasteiger partial charge in [-0.1, -0.05) is 17.7 Å². The number of aryl methyl sites for hydroxylation is 1. The molecule has 3 heterocycles. The standard InChI is InChI=1S/C20H20ClN3O3S2/c1-3-27-17(25)8-10-24(12-14-5-4-9-22-11-14)20(26)18-13(2)23-19(29-18)15-6-7-16(21)28-15/h4-7,9,11H,3,8,10,12H2,1-2H3. The second-order valence-corrected chi connectivity index (χ2v) is 8.89. The van der Waals surface area contributed by atoms with Gasteiger partial charge in [0.2, 0.25) is 0 Å². The van der Waals surface area contributed by atoms with E-state index in [2.05, 4.69) is 9.97 Å². The third-order valence-electron chi connectivity index (χ3n) is 4.05. The van der Waals surface area contributed by atoms with Gasteiger partial charge in [0.05, 0.1) is 27.9 Å². The zero-order chi connectivity index (χ0) is 20.8. The lowest BCUT2D eigenvalue weighted by atomic mass is 10.2. The molecule has 0 aromatic carbocycles. The van der Waals surface area contributed by atoms with Crippen LogP contribution in [0.15, 0.2) is 36.7 Å². The summed E-state index contributed by atoms with van der Waals surface area (Å²) in [5.41, 5.74) is 1.55. The molecule has 3 aromatic rings. The molecule has 3 rings (SSSR count). The van der Waals surface area contributed by atoms with Gasteiger partial charge in [-0.05, 0) is 37.6 Å². The fourth-order valence-electron chi connectivity index (χ4n) is 2.70. The highest BCUT2D eigenvalue weighted by molar-refractivity contribution is 7.24. The summed E-state index contributed by atoms with van der Waals surface area (Å²) in [7, 11) is 0. The van der Waals surface area contributed by atoms with Crippen LogP contribution in [0, 0.1) is 6.92 Å². The second kappa shape index (κ2) is 9.96. The van der Waals surface area contributed by atoms with E-state index in [-0.39, 0.29) is 24.8 Å². The van der Waals surface area contributed by atoms with Crippen LogP contribution in [0.25, 0.3) is 9.88 Å². The number of aromatic nitrogens is 2. The Morgan fingerprint density at radius 3 is 2.72 bits per heavy atom. The number of rotatable bonds is 8. The number of thiazole rings is 1. The fraction of sp³-hybridized carbons (Fsp3) is 0.300. The highest BCUT2D eigenvalue weighted by atomic mass is 35.5. The lowest BCUT2D eigenvalue weighted by Gasteiger charge is -2.22. The van der Waals surface area contributed by atoms with Gasteiger partial charge in [-0.25, -0.2) is 4.98 Å². The molecule has 3 aromatic heterocycles. The van der Waals surface area contributed by atoms with E-state index in [9.17, 15) is 9.59 Å². The molecule has 152 valence electrons. The second-order valence-electron chi connectivity index (χ2n) is 6.18. The molecular formula is C20H20ClN3O3S2. The van der Waals surface area contributed by atoms with Crippen LogP contribution in [0.2, 0.25) is 4.34 Å². The van der Waals surface area contributed by atoms with E-state index < -0.39 is 0 Å². The molecule has 1 amide bonds. The Labute approximate surface area is 182 Å². The number of halogens is 1. The number of pyridine rings is 1. The number of amides is 1. The minimum absolute atomic E-state index is 0.130. The lowest BCUT2D eigenvalue weighted by molar-refractivity contribution is -0.143. The number of nitrogens with zero attached hydrogens (tertiary/aromatic N) is 3. The van der Waals surface area contributed by atoms with Gasteiger partial charge in [-0.2, -0.15) is 0 Å². The first-order valence-corrected chi connectivity index (χ1v) is 11.1. The van der Waals surface area contributed by atoms with Gasteiger partial charge in [0.1, 0.15) is 9.88 Å².